The molecule has 1 unspecified atom stereocenters. The fraction of sp³-hybridized carbons (Fsp3) is 0.667. The maximum atomic E-state index is 11.1. The number of carbonyl (C=O) groups is 1. The van der Waals surface area contributed by atoms with Crippen molar-refractivity contribution in [3.05, 3.63) is 16.1 Å². The fourth-order valence-electron chi connectivity index (χ4n) is 1.40. The van der Waals surface area contributed by atoms with Crippen molar-refractivity contribution in [2.24, 2.45) is 0 Å². The van der Waals surface area contributed by atoms with Crippen molar-refractivity contribution in [3.63, 3.8) is 0 Å². The van der Waals surface area contributed by atoms with E-state index in [0.717, 1.165) is 11.4 Å². The number of ether oxygens (including phenoxy) is 1. The number of rotatable bonds is 7. The molecule has 0 aromatic carbocycles. The Morgan fingerprint density at radius 2 is 2.35 bits per heavy atom. The van der Waals surface area contributed by atoms with Crippen LogP contribution < -0.4 is 5.32 Å². The summed E-state index contributed by atoms with van der Waals surface area (Å²) < 4.78 is 4.86. The van der Waals surface area contributed by atoms with Crippen molar-refractivity contribution < 1.29 is 9.53 Å². The van der Waals surface area contributed by atoms with Gasteiger partial charge in [0.25, 0.3) is 0 Å². The van der Waals surface area contributed by atoms with Gasteiger partial charge in [0.15, 0.2) is 0 Å². The lowest BCUT2D eigenvalue weighted by molar-refractivity contribution is -0.143. The largest absolute Gasteiger partial charge is 0.466 e. The number of nitrogens with zero attached hydrogens (tertiary/aromatic N) is 1. The maximum absolute atomic E-state index is 11.1. The molecular formula is C12H20N2O2S. The highest BCUT2D eigenvalue weighted by molar-refractivity contribution is 7.11. The van der Waals surface area contributed by atoms with Gasteiger partial charge in [-0.3, -0.25) is 4.79 Å². The van der Waals surface area contributed by atoms with E-state index in [-0.39, 0.29) is 12.0 Å². The van der Waals surface area contributed by atoms with Gasteiger partial charge >= 0.3 is 5.97 Å². The molecule has 0 saturated heterocycles. The average Bonchev–Trinajstić information content (AvgIpc) is 2.77. The van der Waals surface area contributed by atoms with E-state index in [9.17, 15) is 4.79 Å². The molecule has 0 fully saturated rings. The van der Waals surface area contributed by atoms with Gasteiger partial charge in [-0.25, -0.2) is 4.98 Å². The zero-order valence-corrected chi connectivity index (χ0v) is 11.5. The van der Waals surface area contributed by atoms with Gasteiger partial charge in [-0.1, -0.05) is 6.92 Å². The normalized spacial score (nSPS) is 12.4. The van der Waals surface area contributed by atoms with Crippen LogP contribution in [0.1, 0.15) is 43.1 Å². The van der Waals surface area contributed by atoms with Crippen LogP contribution >= 0.6 is 11.3 Å². The Balaban J connectivity index is 2.29. The molecule has 0 bridgehead atoms. The van der Waals surface area contributed by atoms with Gasteiger partial charge in [-0.2, -0.15) is 0 Å². The first-order valence-corrected chi connectivity index (χ1v) is 6.82. The molecule has 0 spiro atoms. The van der Waals surface area contributed by atoms with Crippen molar-refractivity contribution in [3.8, 4) is 0 Å². The quantitative estimate of drug-likeness (QED) is 0.761. The molecule has 0 radical (unpaired) electrons. The Labute approximate surface area is 106 Å². The topological polar surface area (TPSA) is 51.2 Å². The van der Waals surface area contributed by atoms with Gasteiger partial charge in [-0.05, 0) is 20.3 Å². The van der Waals surface area contributed by atoms with Gasteiger partial charge in [-0.15, -0.1) is 11.3 Å². The molecular weight excluding hydrogens is 236 g/mol. The number of esters is 1. The number of nitrogens with one attached hydrogen (secondary N) is 1. The highest BCUT2D eigenvalue weighted by Crippen LogP contribution is 2.19. The Bertz CT molecular complexity index is 352. The Morgan fingerprint density at radius 1 is 1.59 bits per heavy atom. The minimum absolute atomic E-state index is 0.152. The lowest BCUT2D eigenvalue weighted by atomic mass is 10.3. The second kappa shape index (κ2) is 7.40. The van der Waals surface area contributed by atoms with Gasteiger partial charge in [0.05, 0.1) is 19.1 Å². The highest BCUT2D eigenvalue weighted by Gasteiger charge is 2.10. The van der Waals surface area contributed by atoms with E-state index in [1.54, 1.807) is 11.3 Å². The molecule has 1 aromatic rings. The van der Waals surface area contributed by atoms with E-state index in [1.165, 1.54) is 4.88 Å². The molecule has 0 aliphatic heterocycles. The molecule has 1 atom stereocenters. The van der Waals surface area contributed by atoms with Crippen LogP contribution in [0.5, 0.6) is 0 Å². The molecule has 5 heteroatoms. The molecule has 0 saturated carbocycles. The molecule has 1 aromatic heterocycles. The molecule has 4 nitrogen and oxygen atoms in total. The Morgan fingerprint density at radius 3 is 2.94 bits per heavy atom. The third kappa shape index (κ3) is 4.83. The van der Waals surface area contributed by atoms with Crippen LogP contribution in [0.15, 0.2) is 6.20 Å². The number of thiazole rings is 1. The van der Waals surface area contributed by atoms with Crippen LogP contribution in [0.25, 0.3) is 0 Å². The predicted octanol–water partition coefficient (Wildman–Crippen LogP) is 2.31. The van der Waals surface area contributed by atoms with E-state index >= 15 is 0 Å². The number of hydrogen-bond acceptors (Lipinski definition) is 5. The van der Waals surface area contributed by atoms with Gasteiger partial charge in [0.1, 0.15) is 5.01 Å². The molecule has 1 heterocycles. The first-order valence-electron chi connectivity index (χ1n) is 6.01. The van der Waals surface area contributed by atoms with Crippen molar-refractivity contribution >= 4 is 17.3 Å². The predicted molar refractivity (Wildman–Crippen MR) is 69.2 cm³/mol. The standard InChI is InChI=1S/C12H20N2O2S/c1-4-10-8-14-12(17-10)9(3)13-7-6-11(15)16-5-2/h8-9,13H,4-7H2,1-3H3. The van der Waals surface area contributed by atoms with E-state index in [1.807, 2.05) is 13.1 Å². The molecule has 0 amide bonds. The SMILES string of the molecule is CCOC(=O)CCNC(C)c1ncc(CC)s1. The smallest absolute Gasteiger partial charge is 0.307 e. The zero-order valence-electron chi connectivity index (χ0n) is 10.7. The summed E-state index contributed by atoms with van der Waals surface area (Å²) in [5.74, 6) is -0.152. The Hall–Kier alpha value is -0.940. The summed E-state index contributed by atoms with van der Waals surface area (Å²) in [6, 6.07) is 0.190. The number of hydrogen-bond donors (Lipinski definition) is 1. The van der Waals surface area contributed by atoms with Gasteiger partial charge < -0.3 is 10.1 Å². The van der Waals surface area contributed by atoms with E-state index in [2.05, 4.69) is 24.1 Å². The van der Waals surface area contributed by atoms with Crippen molar-refractivity contribution in [1.82, 2.24) is 10.3 Å². The zero-order chi connectivity index (χ0) is 12.7. The minimum Gasteiger partial charge on any atom is -0.466 e. The maximum Gasteiger partial charge on any atom is 0.307 e. The molecule has 17 heavy (non-hydrogen) atoms. The molecule has 0 aliphatic carbocycles. The average molecular weight is 256 g/mol. The number of aryl methyl sites for hydroxylation is 1. The van der Waals surface area contributed by atoms with Crippen molar-refractivity contribution in [2.45, 2.75) is 39.7 Å². The summed E-state index contributed by atoms with van der Waals surface area (Å²) in [5.41, 5.74) is 0. The summed E-state index contributed by atoms with van der Waals surface area (Å²) in [7, 11) is 0. The third-order valence-corrected chi connectivity index (χ3v) is 3.70. The monoisotopic (exact) mass is 256 g/mol. The van der Waals surface area contributed by atoms with Gasteiger partial charge in [0.2, 0.25) is 0 Å². The molecule has 0 aliphatic rings. The van der Waals surface area contributed by atoms with E-state index in [4.69, 9.17) is 4.74 Å². The van der Waals surface area contributed by atoms with E-state index in [0.29, 0.717) is 19.6 Å². The minimum atomic E-state index is -0.152. The second-order valence-corrected chi connectivity index (χ2v) is 4.90. The van der Waals surface area contributed by atoms with Crippen LogP contribution in [0.2, 0.25) is 0 Å². The summed E-state index contributed by atoms with van der Waals surface area (Å²) in [5, 5.41) is 4.35. The number of aromatic nitrogens is 1. The summed E-state index contributed by atoms with van der Waals surface area (Å²) in [6.07, 6.45) is 3.35. The van der Waals surface area contributed by atoms with Crippen molar-refractivity contribution in [1.29, 1.82) is 0 Å². The summed E-state index contributed by atoms with van der Waals surface area (Å²) >= 11 is 1.72. The van der Waals surface area contributed by atoms with Crippen LogP contribution in [0, 0.1) is 0 Å². The summed E-state index contributed by atoms with van der Waals surface area (Å²) in [4.78, 5) is 16.8. The second-order valence-electron chi connectivity index (χ2n) is 3.75. The van der Waals surface area contributed by atoms with Crippen molar-refractivity contribution in [2.75, 3.05) is 13.2 Å². The van der Waals surface area contributed by atoms with Crippen LogP contribution in [0.4, 0.5) is 0 Å². The summed E-state index contributed by atoms with van der Waals surface area (Å²) in [6.45, 7) is 7.07. The third-order valence-electron chi connectivity index (χ3n) is 2.38. The lowest BCUT2D eigenvalue weighted by Crippen LogP contribution is -2.22. The lowest BCUT2D eigenvalue weighted by Gasteiger charge is -2.10. The first-order chi connectivity index (χ1) is 8.17. The van der Waals surface area contributed by atoms with E-state index < -0.39 is 0 Å². The molecule has 1 N–H and O–H groups in total. The fourth-order valence-corrected chi connectivity index (χ4v) is 2.28. The number of carbonyl (C=O) groups excluding carboxylic acids is 1. The first kappa shape index (κ1) is 14.1. The van der Waals surface area contributed by atoms with Crippen LogP contribution in [0.3, 0.4) is 0 Å². The highest BCUT2D eigenvalue weighted by atomic mass is 32.1. The van der Waals surface area contributed by atoms with Gasteiger partial charge in [0, 0.05) is 17.6 Å². The van der Waals surface area contributed by atoms with Crippen LogP contribution in [-0.4, -0.2) is 24.1 Å². The molecule has 96 valence electrons. The van der Waals surface area contributed by atoms with Crippen LogP contribution in [-0.2, 0) is 16.0 Å². The Kier molecular flexibility index (Phi) is 6.15. The molecule has 1 rings (SSSR count).